The maximum atomic E-state index is 8.89. The van der Waals surface area contributed by atoms with Gasteiger partial charge in [-0.15, -0.1) is 0 Å². The monoisotopic (exact) mass is 214 g/mol. The lowest BCUT2D eigenvalue weighted by molar-refractivity contribution is 0.380. The average molecular weight is 214 g/mol. The SMILES string of the molecule is CCCC1CN(c2cc(C#N)ccc2C)C1. The van der Waals surface area contributed by atoms with Crippen LogP contribution in [0.1, 0.15) is 30.9 Å². The number of anilines is 1. The fraction of sp³-hybridized carbons (Fsp3) is 0.500. The predicted molar refractivity (Wildman–Crippen MR) is 66.5 cm³/mol. The lowest BCUT2D eigenvalue weighted by Crippen LogP contribution is -2.47. The third-order valence-electron chi connectivity index (χ3n) is 3.33. The van der Waals surface area contributed by atoms with Crippen LogP contribution in [0.15, 0.2) is 18.2 Å². The van der Waals surface area contributed by atoms with Crippen molar-refractivity contribution in [1.29, 1.82) is 5.26 Å². The van der Waals surface area contributed by atoms with E-state index in [4.69, 9.17) is 5.26 Å². The lowest BCUT2D eigenvalue weighted by Gasteiger charge is -2.42. The summed E-state index contributed by atoms with van der Waals surface area (Å²) in [4.78, 5) is 2.39. The Morgan fingerprint density at radius 1 is 1.44 bits per heavy atom. The van der Waals surface area contributed by atoms with Crippen LogP contribution in [0.5, 0.6) is 0 Å². The molecule has 0 aliphatic carbocycles. The third-order valence-corrected chi connectivity index (χ3v) is 3.33. The van der Waals surface area contributed by atoms with Gasteiger partial charge in [0, 0.05) is 18.8 Å². The van der Waals surface area contributed by atoms with Gasteiger partial charge in [0.1, 0.15) is 0 Å². The van der Waals surface area contributed by atoms with Crippen LogP contribution in [0, 0.1) is 24.2 Å². The fourth-order valence-corrected chi connectivity index (χ4v) is 2.38. The normalized spacial score (nSPS) is 15.7. The van der Waals surface area contributed by atoms with Gasteiger partial charge in [-0.2, -0.15) is 5.26 Å². The molecule has 1 heterocycles. The number of rotatable bonds is 3. The molecule has 1 aromatic carbocycles. The van der Waals surface area contributed by atoms with Gasteiger partial charge in [0.05, 0.1) is 11.6 Å². The summed E-state index contributed by atoms with van der Waals surface area (Å²) < 4.78 is 0. The Kier molecular flexibility index (Phi) is 3.14. The van der Waals surface area contributed by atoms with Gasteiger partial charge >= 0.3 is 0 Å². The van der Waals surface area contributed by atoms with E-state index in [1.54, 1.807) is 0 Å². The first-order valence-electron chi connectivity index (χ1n) is 6.00. The molecule has 1 aliphatic rings. The molecule has 1 aromatic rings. The van der Waals surface area contributed by atoms with Gasteiger partial charge in [0.2, 0.25) is 0 Å². The molecule has 0 bridgehead atoms. The minimum atomic E-state index is 0.763. The van der Waals surface area contributed by atoms with E-state index in [9.17, 15) is 0 Å². The van der Waals surface area contributed by atoms with Crippen LogP contribution in [0.25, 0.3) is 0 Å². The summed E-state index contributed by atoms with van der Waals surface area (Å²) in [5.74, 6) is 0.857. The highest BCUT2D eigenvalue weighted by Crippen LogP contribution is 2.30. The van der Waals surface area contributed by atoms with Crippen LogP contribution < -0.4 is 4.90 Å². The summed E-state index contributed by atoms with van der Waals surface area (Å²) in [7, 11) is 0. The Morgan fingerprint density at radius 3 is 2.81 bits per heavy atom. The van der Waals surface area contributed by atoms with E-state index < -0.39 is 0 Å². The molecule has 0 aromatic heterocycles. The molecule has 1 aliphatic heterocycles. The zero-order chi connectivity index (χ0) is 11.5. The second-order valence-corrected chi connectivity index (χ2v) is 4.67. The highest BCUT2D eigenvalue weighted by Gasteiger charge is 2.26. The highest BCUT2D eigenvalue weighted by atomic mass is 15.2. The predicted octanol–water partition coefficient (Wildman–Crippen LogP) is 3.10. The summed E-state index contributed by atoms with van der Waals surface area (Å²) in [6, 6.07) is 8.15. The molecule has 1 saturated heterocycles. The molecule has 0 spiro atoms. The van der Waals surface area contributed by atoms with Crippen molar-refractivity contribution in [3.8, 4) is 6.07 Å². The number of nitrogens with zero attached hydrogens (tertiary/aromatic N) is 2. The smallest absolute Gasteiger partial charge is 0.0992 e. The molecule has 0 N–H and O–H groups in total. The number of hydrogen-bond acceptors (Lipinski definition) is 2. The summed E-state index contributed by atoms with van der Waals surface area (Å²) >= 11 is 0. The van der Waals surface area contributed by atoms with Gasteiger partial charge in [-0.05, 0) is 37.0 Å². The second kappa shape index (κ2) is 4.57. The Bertz CT molecular complexity index is 411. The number of aryl methyl sites for hydroxylation is 1. The van der Waals surface area contributed by atoms with E-state index in [1.165, 1.54) is 24.1 Å². The minimum absolute atomic E-state index is 0.763. The zero-order valence-electron chi connectivity index (χ0n) is 10.0. The first-order chi connectivity index (χ1) is 7.74. The summed E-state index contributed by atoms with van der Waals surface area (Å²) in [6.45, 7) is 6.67. The van der Waals surface area contributed by atoms with Crippen LogP contribution in [-0.4, -0.2) is 13.1 Å². The third kappa shape index (κ3) is 2.04. The standard InChI is InChI=1S/C14H18N2/c1-3-4-13-9-16(10-13)14-7-12(8-15)6-5-11(14)2/h5-7,13H,3-4,9-10H2,1-2H3. The number of benzene rings is 1. The van der Waals surface area contributed by atoms with Crippen molar-refractivity contribution in [1.82, 2.24) is 0 Å². The summed E-state index contributed by atoms with van der Waals surface area (Å²) in [6.07, 6.45) is 2.60. The van der Waals surface area contributed by atoms with Gasteiger partial charge in [-0.1, -0.05) is 19.4 Å². The quantitative estimate of drug-likeness (QED) is 0.773. The van der Waals surface area contributed by atoms with E-state index in [-0.39, 0.29) is 0 Å². The van der Waals surface area contributed by atoms with Crippen LogP contribution in [-0.2, 0) is 0 Å². The first-order valence-corrected chi connectivity index (χ1v) is 6.00. The second-order valence-electron chi connectivity index (χ2n) is 4.67. The molecule has 0 unspecified atom stereocenters. The van der Waals surface area contributed by atoms with Gasteiger partial charge in [-0.25, -0.2) is 0 Å². The van der Waals surface area contributed by atoms with Crippen molar-refractivity contribution in [3.63, 3.8) is 0 Å². The molecule has 0 amide bonds. The van der Waals surface area contributed by atoms with E-state index in [0.29, 0.717) is 0 Å². The van der Waals surface area contributed by atoms with E-state index >= 15 is 0 Å². The van der Waals surface area contributed by atoms with Crippen LogP contribution in [0.3, 0.4) is 0 Å². The molecule has 0 atom stereocenters. The van der Waals surface area contributed by atoms with E-state index in [1.807, 2.05) is 18.2 Å². The van der Waals surface area contributed by atoms with Crippen molar-refractivity contribution in [2.45, 2.75) is 26.7 Å². The first kappa shape index (κ1) is 11.0. The van der Waals surface area contributed by atoms with Crippen molar-refractivity contribution in [2.75, 3.05) is 18.0 Å². The molecular formula is C14H18N2. The minimum Gasteiger partial charge on any atom is -0.371 e. The maximum absolute atomic E-state index is 8.89. The summed E-state index contributed by atoms with van der Waals surface area (Å²) in [5.41, 5.74) is 3.28. The van der Waals surface area contributed by atoms with Crippen molar-refractivity contribution < 1.29 is 0 Å². The van der Waals surface area contributed by atoms with Crippen molar-refractivity contribution in [3.05, 3.63) is 29.3 Å². The summed E-state index contributed by atoms with van der Waals surface area (Å²) in [5, 5.41) is 8.89. The topological polar surface area (TPSA) is 27.0 Å². The molecular weight excluding hydrogens is 196 g/mol. The van der Waals surface area contributed by atoms with Crippen molar-refractivity contribution in [2.24, 2.45) is 5.92 Å². The van der Waals surface area contributed by atoms with Gasteiger partial charge in [0.25, 0.3) is 0 Å². The van der Waals surface area contributed by atoms with E-state index in [2.05, 4.69) is 24.8 Å². The zero-order valence-corrected chi connectivity index (χ0v) is 10.0. The van der Waals surface area contributed by atoms with Crippen molar-refractivity contribution >= 4 is 5.69 Å². The van der Waals surface area contributed by atoms with E-state index in [0.717, 1.165) is 24.6 Å². The molecule has 16 heavy (non-hydrogen) atoms. The van der Waals surface area contributed by atoms with Gasteiger partial charge in [0.15, 0.2) is 0 Å². The van der Waals surface area contributed by atoms with Crippen LogP contribution >= 0.6 is 0 Å². The van der Waals surface area contributed by atoms with Gasteiger partial charge in [-0.3, -0.25) is 0 Å². The highest BCUT2D eigenvalue weighted by molar-refractivity contribution is 5.58. The van der Waals surface area contributed by atoms with Crippen LogP contribution in [0.4, 0.5) is 5.69 Å². The maximum Gasteiger partial charge on any atom is 0.0992 e. The molecule has 84 valence electrons. The number of nitriles is 1. The molecule has 0 radical (unpaired) electrons. The Labute approximate surface area is 97.5 Å². The molecule has 1 fully saturated rings. The molecule has 2 nitrogen and oxygen atoms in total. The molecule has 2 rings (SSSR count). The Morgan fingerprint density at radius 2 is 2.19 bits per heavy atom. The average Bonchev–Trinajstić information content (AvgIpc) is 2.24. The van der Waals surface area contributed by atoms with Crippen LogP contribution in [0.2, 0.25) is 0 Å². The Hall–Kier alpha value is -1.49. The molecule has 2 heteroatoms. The Balaban J connectivity index is 2.08. The number of hydrogen-bond donors (Lipinski definition) is 0. The largest absolute Gasteiger partial charge is 0.371 e. The lowest BCUT2D eigenvalue weighted by atomic mass is 9.93. The molecule has 0 saturated carbocycles. The fourth-order valence-electron chi connectivity index (χ4n) is 2.38. The van der Waals surface area contributed by atoms with Gasteiger partial charge < -0.3 is 4.90 Å².